The summed E-state index contributed by atoms with van der Waals surface area (Å²) in [4.78, 5) is 13.0. The van der Waals surface area contributed by atoms with Crippen molar-refractivity contribution in [1.82, 2.24) is 4.57 Å². The van der Waals surface area contributed by atoms with Crippen LogP contribution in [-0.4, -0.2) is 22.9 Å². The molecule has 142 valence electrons. The van der Waals surface area contributed by atoms with Crippen molar-refractivity contribution in [3.63, 3.8) is 0 Å². The molecule has 1 N–H and O–H groups in total. The van der Waals surface area contributed by atoms with E-state index in [2.05, 4.69) is 13.5 Å². The molecular formula is C21H29NO4. The third kappa shape index (κ3) is 4.40. The van der Waals surface area contributed by atoms with Gasteiger partial charge in [0.25, 0.3) is 5.56 Å². The molecule has 0 spiro atoms. The van der Waals surface area contributed by atoms with E-state index in [0.717, 1.165) is 31.1 Å². The molecular weight excluding hydrogens is 330 g/mol. The molecule has 0 atom stereocenters. The second kappa shape index (κ2) is 9.32. The summed E-state index contributed by atoms with van der Waals surface area (Å²) < 4.78 is 13.3. The molecule has 0 radical (unpaired) electrons. The smallest absolute Gasteiger partial charge is 0.297 e. The van der Waals surface area contributed by atoms with Gasteiger partial charge < -0.3 is 19.1 Å². The number of phenols is 1. The lowest BCUT2D eigenvalue weighted by molar-refractivity contribution is 0.275. The number of hydrogen-bond acceptors (Lipinski definition) is 4. The monoisotopic (exact) mass is 359 g/mol. The second-order valence-electron chi connectivity index (χ2n) is 6.64. The highest BCUT2D eigenvalue weighted by molar-refractivity contribution is 5.89. The Balaban J connectivity index is 2.56. The molecule has 0 aliphatic rings. The summed E-state index contributed by atoms with van der Waals surface area (Å²) in [5.74, 6) is 0.757. The molecule has 0 bridgehead atoms. The highest BCUT2D eigenvalue weighted by Gasteiger charge is 2.21. The SMILES string of the molecule is C=CCOc1c(OCCCCCC)c2ccc(O)cc2n(C(C)C)c1=O. The molecule has 1 heterocycles. The lowest BCUT2D eigenvalue weighted by atomic mass is 10.1. The van der Waals surface area contributed by atoms with E-state index in [1.807, 2.05) is 13.8 Å². The van der Waals surface area contributed by atoms with Gasteiger partial charge in [-0.2, -0.15) is 0 Å². The van der Waals surface area contributed by atoms with Crippen LogP contribution in [-0.2, 0) is 0 Å². The van der Waals surface area contributed by atoms with Gasteiger partial charge in [-0.15, -0.1) is 0 Å². The fourth-order valence-corrected chi connectivity index (χ4v) is 2.98. The minimum Gasteiger partial charge on any atom is -0.508 e. The van der Waals surface area contributed by atoms with Crippen molar-refractivity contribution in [2.45, 2.75) is 52.5 Å². The first kappa shape index (κ1) is 19.9. The summed E-state index contributed by atoms with van der Waals surface area (Å²) in [6, 6.07) is 4.87. The number of pyridine rings is 1. The predicted molar refractivity (Wildman–Crippen MR) is 106 cm³/mol. The maximum absolute atomic E-state index is 13.0. The van der Waals surface area contributed by atoms with E-state index in [1.54, 1.807) is 28.8 Å². The Hall–Kier alpha value is -2.43. The third-order valence-electron chi connectivity index (χ3n) is 4.21. The van der Waals surface area contributed by atoms with Crippen molar-refractivity contribution in [2.24, 2.45) is 0 Å². The Morgan fingerprint density at radius 1 is 1.19 bits per heavy atom. The Labute approximate surface area is 154 Å². The van der Waals surface area contributed by atoms with Gasteiger partial charge >= 0.3 is 0 Å². The molecule has 1 aromatic heterocycles. The Morgan fingerprint density at radius 3 is 2.62 bits per heavy atom. The fourth-order valence-electron chi connectivity index (χ4n) is 2.98. The maximum atomic E-state index is 13.0. The van der Waals surface area contributed by atoms with Crippen molar-refractivity contribution in [3.05, 3.63) is 41.2 Å². The normalized spacial score (nSPS) is 11.1. The van der Waals surface area contributed by atoms with Crippen LogP contribution in [0.2, 0.25) is 0 Å². The molecule has 1 aromatic carbocycles. The molecule has 0 saturated heterocycles. The van der Waals surface area contributed by atoms with Gasteiger partial charge in [0, 0.05) is 17.5 Å². The van der Waals surface area contributed by atoms with Crippen molar-refractivity contribution in [2.75, 3.05) is 13.2 Å². The number of unbranched alkanes of at least 4 members (excludes halogenated alkanes) is 3. The Morgan fingerprint density at radius 2 is 1.96 bits per heavy atom. The van der Waals surface area contributed by atoms with Crippen molar-refractivity contribution in [3.8, 4) is 17.2 Å². The number of rotatable bonds is 10. The fraction of sp³-hybridized carbons (Fsp3) is 0.476. The second-order valence-corrected chi connectivity index (χ2v) is 6.64. The van der Waals surface area contributed by atoms with Crippen LogP contribution < -0.4 is 15.0 Å². The molecule has 5 heteroatoms. The third-order valence-corrected chi connectivity index (χ3v) is 4.21. The number of benzene rings is 1. The summed E-state index contributed by atoms with van der Waals surface area (Å²) in [6.07, 6.45) is 5.92. The van der Waals surface area contributed by atoms with E-state index >= 15 is 0 Å². The lowest BCUT2D eigenvalue weighted by Gasteiger charge is -2.20. The van der Waals surface area contributed by atoms with E-state index in [1.165, 1.54) is 0 Å². The van der Waals surface area contributed by atoms with Gasteiger partial charge in [-0.05, 0) is 32.4 Å². The number of hydrogen-bond donors (Lipinski definition) is 1. The van der Waals surface area contributed by atoms with Crippen LogP contribution in [0.4, 0.5) is 0 Å². The number of ether oxygens (including phenoxy) is 2. The van der Waals surface area contributed by atoms with Gasteiger partial charge in [0.1, 0.15) is 12.4 Å². The zero-order chi connectivity index (χ0) is 19.1. The van der Waals surface area contributed by atoms with Gasteiger partial charge in [0.2, 0.25) is 5.75 Å². The quantitative estimate of drug-likeness (QED) is 0.488. The zero-order valence-electron chi connectivity index (χ0n) is 16.0. The van der Waals surface area contributed by atoms with E-state index in [9.17, 15) is 9.90 Å². The minimum absolute atomic E-state index is 0.0866. The molecule has 26 heavy (non-hydrogen) atoms. The predicted octanol–water partition coefficient (Wildman–Crippen LogP) is 4.81. The van der Waals surface area contributed by atoms with Crippen molar-refractivity contribution < 1.29 is 14.6 Å². The molecule has 0 amide bonds. The highest BCUT2D eigenvalue weighted by atomic mass is 16.5. The number of fused-ring (bicyclic) bond motifs is 1. The van der Waals surface area contributed by atoms with Gasteiger partial charge in [0.15, 0.2) is 5.75 Å². The van der Waals surface area contributed by atoms with Crippen LogP contribution in [0.1, 0.15) is 52.5 Å². The van der Waals surface area contributed by atoms with Gasteiger partial charge in [0.05, 0.1) is 12.1 Å². The topological polar surface area (TPSA) is 60.7 Å². The molecule has 0 unspecified atom stereocenters. The summed E-state index contributed by atoms with van der Waals surface area (Å²) in [5, 5.41) is 10.7. The summed E-state index contributed by atoms with van der Waals surface area (Å²) in [7, 11) is 0. The lowest BCUT2D eigenvalue weighted by Crippen LogP contribution is -2.25. The average molecular weight is 359 g/mol. The van der Waals surface area contributed by atoms with Crippen LogP contribution in [0.25, 0.3) is 10.9 Å². The number of aromatic hydroxyl groups is 1. The molecule has 2 aromatic rings. The van der Waals surface area contributed by atoms with E-state index in [-0.39, 0.29) is 29.7 Å². The van der Waals surface area contributed by atoms with Crippen LogP contribution in [0, 0.1) is 0 Å². The summed E-state index contributed by atoms with van der Waals surface area (Å²) in [5.41, 5.74) is 0.378. The van der Waals surface area contributed by atoms with Gasteiger partial charge in [-0.25, -0.2) is 0 Å². The number of aromatic nitrogens is 1. The van der Waals surface area contributed by atoms with E-state index in [4.69, 9.17) is 9.47 Å². The highest BCUT2D eigenvalue weighted by Crippen LogP contribution is 2.35. The van der Waals surface area contributed by atoms with Gasteiger partial charge in [-0.1, -0.05) is 38.8 Å². The van der Waals surface area contributed by atoms with Crippen molar-refractivity contribution in [1.29, 1.82) is 0 Å². The van der Waals surface area contributed by atoms with Crippen LogP contribution in [0.5, 0.6) is 17.2 Å². The summed E-state index contributed by atoms with van der Waals surface area (Å²) >= 11 is 0. The Bertz CT molecular complexity index is 808. The number of phenolic OH excluding ortho intramolecular Hbond substituents is 1. The molecule has 0 aliphatic carbocycles. The van der Waals surface area contributed by atoms with E-state index in [0.29, 0.717) is 17.9 Å². The Kier molecular flexibility index (Phi) is 7.13. The van der Waals surface area contributed by atoms with Gasteiger partial charge in [-0.3, -0.25) is 4.79 Å². The van der Waals surface area contributed by atoms with Crippen LogP contribution in [0.3, 0.4) is 0 Å². The first-order valence-electron chi connectivity index (χ1n) is 9.29. The minimum atomic E-state index is -0.261. The molecule has 0 fully saturated rings. The molecule has 5 nitrogen and oxygen atoms in total. The largest absolute Gasteiger partial charge is 0.508 e. The molecule has 0 saturated carbocycles. The van der Waals surface area contributed by atoms with Crippen LogP contribution in [0.15, 0.2) is 35.6 Å². The maximum Gasteiger partial charge on any atom is 0.297 e. The van der Waals surface area contributed by atoms with Crippen molar-refractivity contribution >= 4 is 10.9 Å². The zero-order valence-corrected chi connectivity index (χ0v) is 16.0. The summed E-state index contributed by atoms with van der Waals surface area (Å²) in [6.45, 7) is 10.4. The van der Waals surface area contributed by atoms with Crippen LogP contribution >= 0.6 is 0 Å². The standard InChI is InChI=1S/C21H29NO4/c1-5-7-8-9-13-26-19-17-11-10-16(23)14-18(17)22(15(3)4)21(24)20(19)25-12-6-2/h6,10-11,14-15,23H,2,5,7-9,12-13H2,1,3-4H3. The average Bonchev–Trinajstić information content (AvgIpc) is 2.60. The molecule has 2 rings (SSSR count). The first-order chi connectivity index (χ1) is 12.5. The first-order valence-corrected chi connectivity index (χ1v) is 9.29. The molecule has 0 aliphatic heterocycles. The van der Waals surface area contributed by atoms with E-state index < -0.39 is 0 Å². The number of nitrogens with zero attached hydrogens (tertiary/aromatic N) is 1.